The normalized spacial score (nSPS) is 34.5. The molecule has 2 saturated heterocycles. The minimum Gasteiger partial charge on any atom is -0.393 e. The highest BCUT2D eigenvalue weighted by molar-refractivity contribution is 7.15. The number of hydrogen-bond acceptors (Lipinski definition) is 4. The zero-order valence-electron chi connectivity index (χ0n) is 8.97. The second-order valence-corrected chi connectivity index (χ2v) is 6.46. The number of aliphatic hydroxyl groups excluding tert-OH is 1. The molecule has 2 atom stereocenters. The van der Waals surface area contributed by atoms with Gasteiger partial charge in [-0.3, -0.25) is 4.90 Å². The molecule has 3 nitrogen and oxygen atoms in total. The molecule has 0 radical (unpaired) electrons. The Hall–Kier alpha value is -0.160. The Balaban J connectivity index is 1.72. The summed E-state index contributed by atoms with van der Waals surface area (Å²) in [6, 6.07) is 1.13. The molecule has 3 heterocycles. The van der Waals surface area contributed by atoms with E-state index in [4.69, 9.17) is 11.6 Å². The van der Waals surface area contributed by atoms with Crippen molar-refractivity contribution in [3.63, 3.8) is 0 Å². The number of hydrogen-bond donors (Lipinski definition) is 1. The maximum atomic E-state index is 9.72. The molecular weight excluding hydrogens is 244 g/mol. The van der Waals surface area contributed by atoms with Gasteiger partial charge >= 0.3 is 0 Å². The molecule has 2 bridgehead atoms. The summed E-state index contributed by atoms with van der Waals surface area (Å²) in [5.41, 5.74) is 0. The van der Waals surface area contributed by atoms with Crippen molar-refractivity contribution in [2.45, 2.75) is 50.4 Å². The first-order valence-electron chi connectivity index (χ1n) is 5.76. The summed E-state index contributed by atoms with van der Waals surface area (Å²) in [6.07, 6.45) is 6.12. The quantitative estimate of drug-likeness (QED) is 0.884. The molecule has 0 saturated carbocycles. The molecule has 0 aromatic carbocycles. The first-order chi connectivity index (χ1) is 7.72. The van der Waals surface area contributed by atoms with Crippen LogP contribution in [0.15, 0.2) is 6.20 Å². The van der Waals surface area contributed by atoms with Crippen LogP contribution in [0.5, 0.6) is 0 Å². The van der Waals surface area contributed by atoms with Crippen LogP contribution in [0.3, 0.4) is 0 Å². The smallest absolute Gasteiger partial charge is 0.183 e. The Morgan fingerprint density at radius 3 is 2.69 bits per heavy atom. The fraction of sp³-hybridized carbons (Fsp3) is 0.727. The van der Waals surface area contributed by atoms with Gasteiger partial charge in [0.1, 0.15) is 0 Å². The SMILES string of the molecule is OC1CC2CCC(C1)N2Cc1cnc(Cl)s1. The van der Waals surface area contributed by atoms with Gasteiger partial charge in [-0.25, -0.2) is 4.98 Å². The Labute approximate surface area is 104 Å². The van der Waals surface area contributed by atoms with Gasteiger partial charge in [0.25, 0.3) is 0 Å². The number of aromatic nitrogens is 1. The predicted octanol–water partition coefficient (Wildman–Crippen LogP) is 2.28. The fourth-order valence-corrected chi connectivity index (χ4v) is 4.03. The van der Waals surface area contributed by atoms with Crippen molar-refractivity contribution in [1.82, 2.24) is 9.88 Å². The third kappa shape index (κ3) is 1.99. The highest BCUT2D eigenvalue weighted by atomic mass is 35.5. The standard InChI is InChI=1S/C11H15ClN2OS/c12-11-13-5-10(16-11)6-14-7-1-2-8(14)4-9(15)3-7/h5,7-9,15H,1-4,6H2. The number of piperidine rings is 1. The summed E-state index contributed by atoms with van der Waals surface area (Å²) in [5.74, 6) is 0. The zero-order chi connectivity index (χ0) is 11.1. The summed E-state index contributed by atoms with van der Waals surface area (Å²) in [6.45, 7) is 0.951. The van der Waals surface area contributed by atoms with E-state index in [0.29, 0.717) is 16.6 Å². The third-order valence-corrected chi connectivity index (χ3v) is 4.82. The van der Waals surface area contributed by atoms with Crippen LogP contribution < -0.4 is 0 Å². The summed E-state index contributed by atoms with van der Waals surface area (Å²) >= 11 is 7.40. The van der Waals surface area contributed by atoms with E-state index >= 15 is 0 Å². The predicted molar refractivity (Wildman–Crippen MR) is 64.7 cm³/mol. The molecule has 2 fully saturated rings. The molecule has 2 aliphatic heterocycles. The van der Waals surface area contributed by atoms with Gasteiger partial charge in [0, 0.05) is 29.7 Å². The van der Waals surface area contributed by atoms with Crippen LogP contribution in [0, 0.1) is 0 Å². The van der Waals surface area contributed by atoms with Gasteiger partial charge in [0.05, 0.1) is 6.10 Å². The second kappa shape index (κ2) is 4.26. The molecular formula is C11H15ClN2OS. The van der Waals surface area contributed by atoms with Gasteiger partial charge in [-0.2, -0.15) is 0 Å². The lowest BCUT2D eigenvalue weighted by Crippen LogP contribution is -2.43. The Morgan fingerprint density at radius 1 is 1.44 bits per heavy atom. The van der Waals surface area contributed by atoms with E-state index in [1.807, 2.05) is 6.20 Å². The van der Waals surface area contributed by atoms with Gasteiger partial charge in [0.2, 0.25) is 0 Å². The summed E-state index contributed by atoms with van der Waals surface area (Å²) < 4.78 is 0.624. The Morgan fingerprint density at radius 2 is 2.12 bits per heavy atom. The van der Waals surface area contributed by atoms with Crippen molar-refractivity contribution in [2.75, 3.05) is 0 Å². The summed E-state index contributed by atoms with van der Waals surface area (Å²) in [7, 11) is 0. The Bertz CT molecular complexity index is 370. The van der Waals surface area contributed by atoms with Crippen molar-refractivity contribution < 1.29 is 5.11 Å². The molecule has 1 N–H and O–H groups in total. The lowest BCUT2D eigenvalue weighted by atomic mass is 10.00. The van der Waals surface area contributed by atoms with Gasteiger partial charge in [-0.1, -0.05) is 11.6 Å². The molecule has 2 aliphatic rings. The molecule has 0 amide bonds. The Kier molecular flexibility index (Phi) is 2.92. The third-order valence-electron chi connectivity index (χ3n) is 3.72. The highest BCUT2D eigenvalue weighted by Gasteiger charge is 2.40. The van der Waals surface area contributed by atoms with E-state index in [0.717, 1.165) is 19.4 Å². The van der Waals surface area contributed by atoms with Crippen LogP contribution in [0.25, 0.3) is 0 Å². The minimum atomic E-state index is -0.0844. The van der Waals surface area contributed by atoms with Crippen LogP contribution in [0.1, 0.15) is 30.6 Å². The molecule has 3 rings (SSSR count). The maximum Gasteiger partial charge on any atom is 0.183 e. The first kappa shape index (κ1) is 11.0. The van der Waals surface area contributed by atoms with E-state index < -0.39 is 0 Å². The molecule has 1 aromatic heterocycles. The van der Waals surface area contributed by atoms with Gasteiger partial charge in [-0.05, 0) is 25.7 Å². The number of halogens is 1. The fourth-order valence-electron chi connectivity index (χ4n) is 3.04. The average molecular weight is 259 g/mol. The topological polar surface area (TPSA) is 36.4 Å². The highest BCUT2D eigenvalue weighted by Crippen LogP contribution is 2.37. The van der Waals surface area contributed by atoms with Crippen molar-refractivity contribution in [2.24, 2.45) is 0 Å². The lowest BCUT2D eigenvalue weighted by molar-refractivity contribution is 0.0315. The first-order valence-corrected chi connectivity index (χ1v) is 6.96. The zero-order valence-corrected chi connectivity index (χ0v) is 10.5. The van der Waals surface area contributed by atoms with E-state index in [1.54, 1.807) is 11.3 Å². The molecule has 2 unspecified atom stereocenters. The van der Waals surface area contributed by atoms with Crippen molar-refractivity contribution in [3.05, 3.63) is 15.5 Å². The van der Waals surface area contributed by atoms with E-state index in [2.05, 4.69) is 9.88 Å². The maximum absolute atomic E-state index is 9.72. The number of aliphatic hydroxyl groups is 1. The largest absolute Gasteiger partial charge is 0.393 e. The molecule has 16 heavy (non-hydrogen) atoms. The minimum absolute atomic E-state index is 0.0844. The van der Waals surface area contributed by atoms with E-state index in [1.165, 1.54) is 17.7 Å². The monoisotopic (exact) mass is 258 g/mol. The van der Waals surface area contributed by atoms with Crippen LogP contribution in [-0.2, 0) is 6.54 Å². The molecule has 88 valence electrons. The van der Waals surface area contributed by atoms with Gasteiger partial charge < -0.3 is 5.11 Å². The summed E-state index contributed by atoms with van der Waals surface area (Å²) in [4.78, 5) is 7.83. The van der Waals surface area contributed by atoms with Crippen molar-refractivity contribution >= 4 is 22.9 Å². The number of fused-ring (bicyclic) bond motifs is 2. The summed E-state index contributed by atoms with van der Waals surface area (Å²) in [5, 5.41) is 9.72. The molecule has 5 heteroatoms. The van der Waals surface area contributed by atoms with Crippen LogP contribution in [0.2, 0.25) is 4.47 Å². The molecule has 0 aliphatic carbocycles. The van der Waals surface area contributed by atoms with Crippen molar-refractivity contribution in [1.29, 1.82) is 0 Å². The second-order valence-electron chi connectivity index (χ2n) is 4.76. The van der Waals surface area contributed by atoms with E-state index in [-0.39, 0.29) is 6.10 Å². The van der Waals surface area contributed by atoms with Crippen LogP contribution >= 0.6 is 22.9 Å². The van der Waals surface area contributed by atoms with E-state index in [9.17, 15) is 5.11 Å². The van der Waals surface area contributed by atoms with Crippen LogP contribution in [0.4, 0.5) is 0 Å². The average Bonchev–Trinajstić information content (AvgIpc) is 2.72. The van der Waals surface area contributed by atoms with Crippen LogP contribution in [-0.4, -0.2) is 33.2 Å². The number of rotatable bonds is 2. The molecule has 1 aromatic rings. The number of thiazole rings is 1. The van der Waals surface area contributed by atoms with Gasteiger partial charge in [0.15, 0.2) is 4.47 Å². The molecule has 0 spiro atoms. The van der Waals surface area contributed by atoms with Crippen molar-refractivity contribution in [3.8, 4) is 0 Å². The van der Waals surface area contributed by atoms with Gasteiger partial charge in [-0.15, -0.1) is 11.3 Å². The number of nitrogens with zero attached hydrogens (tertiary/aromatic N) is 2. The lowest BCUT2D eigenvalue weighted by Gasteiger charge is -2.36.